The quantitative estimate of drug-likeness (QED) is 0.515. The van der Waals surface area contributed by atoms with Gasteiger partial charge in [0.15, 0.2) is 11.4 Å². The van der Waals surface area contributed by atoms with Crippen LogP contribution in [0.25, 0.3) is 6.08 Å². The molecule has 3 aromatic rings. The first kappa shape index (κ1) is 17.5. The predicted octanol–water partition coefficient (Wildman–Crippen LogP) is 2.67. The van der Waals surface area contributed by atoms with Gasteiger partial charge in [-0.15, -0.1) is 15.3 Å². The highest BCUT2D eigenvalue weighted by atomic mass is 16.1. The van der Waals surface area contributed by atoms with Crippen molar-refractivity contribution in [3.8, 4) is 0 Å². The van der Waals surface area contributed by atoms with Crippen molar-refractivity contribution in [3.63, 3.8) is 0 Å². The zero-order chi connectivity index (χ0) is 19.7. The molecule has 0 spiro atoms. The molecule has 0 unspecified atom stereocenters. The van der Waals surface area contributed by atoms with Gasteiger partial charge in [-0.05, 0) is 23.8 Å². The second-order valence-electron chi connectivity index (χ2n) is 6.48. The van der Waals surface area contributed by atoms with E-state index < -0.39 is 0 Å². The van der Waals surface area contributed by atoms with Crippen LogP contribution < -0.4 is 4.90 Å². The van der Waals surface area contributed by atoms with Crippen LogP contribution in [0, 0.1) is 0 Å². The molecule has 0 N–H and O–H groups in total. The second kappa shape index (κ2) is 7.03. The number of hydrogen-bond donors (Lipinski definition) is 0. The number of ketones is 2. The average Bonchev–Trinajstić information content (AvgIpc) is 3.14. The molecule has 7 nitrogen and oxygen atoms in total. The van der Waals surface area contributed by atoms with Crippen molar-refractivity contribution in [1.29, 1.82) is 0 Å². The first-order valence-electron chi connectivity index (χ1n) is 8.69. The topological polar surface area (TPSA) is 80.5 Å². The minimum atomic E-state index is -0.317. The molecule has 4 rings (SSSR count). The lowest BCUT2D eigenvalue weighted by atomic mass is 9.90. The fourth-order valence-electron chi connectivity index (χ4n) is 2.92. The largest absolute Gasteiger partial charge is 0.378 e. The summed E-state index contributed by atoms with van der Waals surface area (Å²) in [6.45, 7) is 0. The van der Waals surface area contributed by atoms with E-state index in [-0.39, 0.29) is 23.0 Å². The minimum absolute atomic E-state index is 0.0316. The number of fused-ring (bicyclic) bond motifs is 2. The van der Waals surface area contributed by atoms with E-state index in [9.17, 15) is 9.59 Å². The summed E-state index contributed by atoms with van der Waals surface area (Å²) >= 11 is 0. The molecule has 0 saturated carbocycles. The number of hydrogen-bond acceptors (Lipinski definition) is 6. The summed E-state index contributed by atoms with van der Waals surface area (Å²) in [5, 5.41) is 12.2. The minimum Gasteiger partial charge on any atom is -0.378 e. The Kier molecular flexibility index (Phi) is 4.41. The van der Waals surface area contributed by atoms with Crippen LogP contribution in [0.2, 0.25) is 0 Å². The molecule has 2 aromatic carbocycles. The fraction of sp³-hybridized carbons (Fsp3) is 0.0952. The van der Waals surface area contributed by atoms with Gasteiger partial charge in [0.1, 0.15) is 0 Å². The lowest BCUT2D eigenvalue weighted by Gasteiger charge is -2.11. The number of allylic oxidation sites excluding steroid dienone is 1. The Bertz CT molecular complexity index is 1070. The number of benzene rings is 2. The molecule has 0 saturated heterocycles. The van der Waals surface area contributed by atoms with E-state index in [4.69, 9.17) is 0 Å². The summed E-state index contributed by atoms with van der Waals surface area (Å²) in [4.78, 5) is 28.1. The molecular weight excluding hydrogens is 354 g/mol. The molecule has 0 amide bonds. The smallest absolute Gasteiger partial charge is 0.216 e. The van der Waals surface area contributed by atoms with Gasteiger partial charge in [-0.3, -0.25) is 9.59 Å². The summed E-state index contributed by atoms with van der Waals surface area (Å²) in [5.74, 6) is -0.633. The van der Waals surface area contributed by atoms with E-state index in [1.165, 1.54) is 6.21 Å². The van der Waals surface area contributed by atoms with E-state index in [1.54, 1.807) is 30.3 Å². The molecule has 7 heteroatoms. The highest BCUT2D eigenvalue weighted by Crippen LogP contribution is 2.24. The summed E-state index contributed by atoms with van der Waals surface area (Å²) in [6.07, 6.45) is 5.14. The van der Waals surface area contributed by atoms with Gasteiger partial charge in [0.25, 0.3) is 0 Å². The molecule has 1 aliphatic carbocycles. The van der Waals surface area contributed by atoms with Crippen LogP contribution in [0.4, 0.5) is 5.69 Å². The van der Waals surface area contributed by atoms with Crippen molar-refractivity contribution in [2.45, 2.75) is 0 Å². The SMILES string of the molecule is CN(C)c1ccc(/C=C/C=N/n2nc3c(n2)C(=O)c2ccccc2C3=O)cc1. The molecule has 1 aromatic heterocycles. The normalized spacial score (nSPS) is 13.2. The van der Waals surface area contributed by atoms with Gasteiger partial charge < -0.3 is 4.90 Å². The molecular formula is C21H17N5O2. The van der Waals surface area contributed by atoms with Gasteiger partial charge in [0, 0.05) is 30.9 Å². The van der Waals surface area contributed by atoms with Crippen LogP contribution in [0.15, 0.2) is 59.7 Å². The van der Waals surface area contributed by atoms with E-state index in [0.717, 1.165) is 16.2 Å². The third kappa shape index (κ3) is 3.14. The second-order valence-corrected chi connectivity index (χ2v) is 6.48. The first-order valence-corrected chi connectivity index (χ1v) is 8.69. The predicted molar refractivity (Wildman–Crippen MR) is 107 cm³/mol. The number of nitrogens with zero attached hydrogens (tertiary/aromatic N) is 5. The molecule has 0 aliphatic heterocycles. The van der Waals surface area contributed by atoms with Crippen LogP contribution >= 0.6 is 0 Å². The molecule has 1 aliphatic rings. The van der Waals surface area contributed by atoms with E-state index in [0.29, 0.717) is 11.1 Å². The Morgan fingerprint density at radius 2 is 1.46 bits per heavy atom. The fourth-order valence-corrected chi connectivity index (χ4v) is 2.92. The van der Waals surface area contributed by atoms with Crippen molar-refractivity contribution < 1.29 is 9.59 Å². The molecule has 138 valence electrons. The Balaban J connectivity index is 1.52. The zero-order valence-corrected chi connectivity index (χ0v) is 15.4. The Morgan fingerprint density at radius 3 is 2.00 bits per heavy atom. The summed E-state index contributed by atoms with van der Waals surface area (Å²) in [7, 11) is 3.98. The number of anilines is 1. The van der Waals surface area contributed by atoms with E-state index in [2.05, 4.69) is 15.3 Å². The highest BCUT2D eigenvalue weighted by Gasteiger charge is 2.34. The zero-order valence-electron chi connectivity index (χ0n) is 15.4. The van der Waals surface area contributed by atoms with Crippen LogP contribution in [-0.2, 0) is 0 Å². The molecule has 28 heavy (non-hydrogen) atoms. The maximum atomic E-state index is 12.5. The van der Waals surface area contributed by atoms with Crippen molar-refractivity contribution in [1.82, 2.24) is 15.1 Å². The number of rotatable bonds is 4. The number of aromatic nitrogens is 3. The number of carbonyl (C=O) groups is 2. The van der Waals surface area contributed by atoms with Crippen LogP contribution in [-0.4, -0.2) is 47.0 Å². The van der Waals surface area contributed by atoms with Gasteiger partial charge in [0.05, 0.1) is 6.21 Å². The third-order valence-electron chi connectivity index (χ3n) is 4.40. The van der Waals surface area contributed by atoms with Crippen LogP contribution in [0.5, 0.6) is 0 Å². The lowest BCUT2D eigenvalue weighted by Crippen LogP contribution is -2.20. The van der Waals surface area contributed by atoms with Gasteiger partial charge in [-0.1, -0.05) is 47.4 Å². The summed E-state index contributed by atoms with van der Waals surface area (Å²) in [6, 6.07) is 14.7. The maximum Gasteiger partial charge on any atom is 0.216 e. The Hall–Kier alpha value is -3.87. The first-order chi connectivity index (χ1) is 13.5. The third-order valence-corrected chi connectivity index (χ3v) is 4.40. The van der Waals surface area contributed by atoms with E-state index in [1.807, 2.05) is 49.3 Å². The average molecular weight is 371 g/mol. The number of carbonyl (C=O) groups excluding carboxylic acids is 2. The molecule has 0 atom stereocenters. The van der Waals surface area contributed by atoms with Crippen molar-refractivity contribution in [3.05, 3.63) is 82.7 Å². The van der Waals surface area contributed by atoms with Crippen molar-refractivity contribution in [2.24, 2.45) is 5.10 Å². The maximum absolute atomic E-state index is 12.5. The highest BCUT2D eigenvalue weighted by molar-refractivity contribution is 6.26. The van der Waals surface area contributed by atoms with Crippen molar-refractivity contribution in [2.75, 3.05) is 19.0 Å². The van der Waals surface area contributed by atoms with Gasteiger partial charge >= 0.3 is 0 Å². The molecule has 1 heterocycles. The summed E-state index contributed by atoms with van der Waals surface area (Å²) in [5.41, 5.74) is 2.89. The standard InChI is InChI=1S/C21H17N5O2/c1-25(2)15-11-9-14(10-12-15)6-5-13-22-26-23-18-19(24-26)21(28)17-8-4-3-7-16(17)20(18)27/h3-13H,1-2H3/b6-5+,22-13+. The molecule has 0 radical (unpaired) electrons. The van der Waals surface area contributed by atoms with Gasteiger partial charge in [0.2, 0.25) is 11.6 Å². The molecule has 0 bridgehead atoms. The van der Waals surface area contributed by atoms with Crippen molar-refractivity contribution >= 4 is 29.5 Å². The Morgan fingerprint density at radius 1 is 0.893 bits per heavy atom. The summed E-state index contributed by atoms with van der Waals surface area (Å²) < 4.78 is 0. The van der Waals surface area contributed by atoms with E-state index >= 15 is 0 Å². The lowest BCUT2D eigenvalue weighted by molar-refractivity contribution is 0.0974. The molecule has 0 fully saturated rings. The monoisotopic (exact) mass is 371 g/mol. The van der Waals surface area contributed by atoms with Crippen LogP contribution in [0.3, 0.4) is 0 Å². The van der Waals surface area contributed by atoms with Crippen LogP contribution in [0.1, 0.15) is 37.7 Å². The van der Waals surface area contributed by atoms with Gasteiger partial charge in [-0.2, -0.15) is 0 Å². The van der Waals surface area contributed by atoms with Gasteiger partial charge in [-0.25, -0.2) is 0 Å². The Labute approximate surface area is 161 Å².